The van der Waals surface area contributed by atoms with Crippen LogP contribution in [-0.2, 0) is 16.0 Å². The number of fused-ring (bicyclic) bond motifs is 1. The Hall–Kier alpha value is -2.44. The molecule has 1 saturated heterocycles. The lowest BCUT2D eigenvalue weighted by atomic mass is 10.0. The number of hydrogen-bond donors (Lipinski definition) is 0. The van der Waals surface area contributed by atoms with Crippen molar-refractivity contribution in [2.75, 3.05) is 24.7 Å². The third kappa shape index (κ3) is 4.65. The zero-order valence-corrected chi connectivity index (χ0v) is 18.6. The molecule has 2 aromatic carbocycles. The summed E-state index contributed by atoms with van der Waals surface area (Å²) in [7, 11) is 0. The van der Waals surface area contributed by atoms with Crippen LogP contribution in [0.15, 0.2) is 36.4 Å². The van der Waals surface area contributed by atoms with Gasteiger partial charge in [-0.1, -0.05) is 35.1 Å². The van der Waals surface area contributed by atoms with Crippen molar-refractivity contribution in [3.05, 3.63) is 53.1 Å². The van der Waals surface area contributed by atoms with E-state index in [0.717, 1.165) is 57.2 Å². The predicted molar refractivity (Wildman–Crippen MR) is 122 cm³/mol. The van der Waals surface area contributed by atoms with Gasteiger partial charge in [-0.05, 0) is 62.9 Å². The first-order valence-electron chi connectivity index (χ1n) is 10.5. The molecule has 0 spiro atoms. The SMILES string of the molecule is CCOc1ccc2nc(N(CC3CCCO3)C(=O)Cc3cc(C)ccc3C)sc2c1. The number of nitrogens with zero attached hydrogens (tertiary/aromatic N) is 2. The molecule has 158 valence electrons. The Bertz CT molecular complexity index is 1040. The average molecular weight is 425 g/mol. The van der Waals surface area contributed by atoms with Crippen LogP contribution in [0.5, 0.6) is 5.75 Å². The summed E-state index contributed by atoms with van der Waals surface area (Å²) in [5, 5.41) is 0.726. The van der Waals surface area contributed by atoms with Crippen LogP contribution < -0.4 is 9.64 Å². The molecule has 5 nitrogen and oxygen atoms in total. The summed E-state index contributed by atoms with van der Waals surface area (Å²) in [6, 6.07) is 12.1. The van der Waals surface area contributed by atoms with Gasteiger partial charge >= 0.3 is 0 Å². The van der Waals surface area contributed by atoms with E-state index < -0.39 is 0 Å². The van der Waals surface area contributed by atoms with E-state index in [-0.39, 0.29) is 12.0 Å². The van der Waals surface area contributed by atoms with Gasteiger partial charge < -0.3 is 9.47 Å². The second-order valence-corrected chi connectivity index (χ2v) is 8.81. The van der Waals surface area contributed by atoms with Gasteiger partial charge in [0, 0.05) is 6.61 Å². The van der Waals surface area contributed by atoms with E-state index in [0.29, 0.717) is 19.6 Å². The first kappa shape index (κ1) is 20.8. The molecule has 1 fully saturated rings. The average Bonchev–Trinajstić information content (AvgIpc) is 3.38. The fraction of sp³-hybridized carbons (Fsp3) is 0.417. The fourth-order valence-corrected chi connectivity index (χ4v) is 4.81. The van der Waals surface area contributed by atoms with Crippen LogP contribution in [0.1, 0.15) is 36.5 Å². The maximum atomic E-state index is 13.4. The van der Waals surface area contributed by atoms with Crippen molar-refractivity contribution in [1.82, 2.24) is 4.98 Å². The van der Waals surface area contributed by atoms with E-state index in [1.165, 1.54) is 11.3 Å². The molecule has 3 aromatic rings. The van der Waals surface area contributed by atoms with Crippen molar-refractivity contribution in [2.24, 2.45) is 0 Å². The normalized spacial score (nSPS) is 16.2. The van der Waals surface area contributed by atoms with Crippen molar-refractivity contribution in [3.63, 3.8) is 0 Å². The van der Waals surface area contributed by atoms with E-state index in [4.69, 9.17) is 14.5 Å². The van der Waals surface area contributed by atoms with Gasteiger partial charge in [-0.25, -0.2) is 4.98 Å². The Balaban J connectivity index is 1.64. The smallest absolute Gasteiger partial charge is 0.233 e. The number of aryl methyl sites for hydroxylation is 2. The highest BCUT2D eigenvalue weighted by Crippen LogP contribution is 2.33. The quantitative estimate of drug-likeness (QED) is 0.532. The highest BCUT2D eigenvalue weighted by molar-refractivity contribution is 7.22. The Kier molecular flexibility index (Phi) is 6.35. The number of carbonyl (C=O) groups excluding carboxylic acids is 1. The molecule has 4 rings (SSSR count). The maximum Gasteiger partial charge on any atom is 0.233 e. The molecular weight excluding hydrogens is 396 g/mol. The third-order valence-corrected chi connectivity index (χ3v) is 6.49. The van der Waals surface area contributed by atoms with Crippen molar-refractivity contribution >= 4 is 32.6 Å². The minimum Gasteiger partial charge on any atom is -0.494 e. The molecule has 1 aromatic heterocycles. The molecule has 1 aliphatic rings. The van der Waals surface area contributed by atoms with Gasteiger partial charge in [0.25, 0.3) is 0 Å². The van der Waals surface area contributed by atoms with Crippen LogP contribution in [0.25, 0.3) is 10.2 Å². The van der Waals surface area contributed by atoms with Gasteiger partial charge in [0.2, 0.25) is 5.91 Å². The van der Waals surface area contributed by atoms with Crippen LogP contribution >= 0.6 is 11.3 Å². The third-order valence-electron chi connectivity index (χ3n) is 5.45. The van der Waals surface area contributed by atoms with E-state index in [9.17, 15) is 4.79 Å². The molecular formula is C24H28N2O3S. The predicted octanol–water partition coefficient (Wildman–Crippen LogP) is 5.07. The fourth-order valence-electron chi connectivity index (χ4n) is 3.79. The molecule has 0 N–H and O–H groups in total. The Labute approximate surface area is 181 Å². The number of anilines is 1. The molecule has 0 aliphatic carbocycles. The van der Waals surface area contributed by atoms with Gasteiger partial charge in [0.15, 0.2) is 5.13 Å². The molecule has 0 bridgehead atoms. The molecule has 1 atom stereocenters. The van der Waals surface area contributed by atoms with Crippen molar-refractivity contribution in [1.29, 1.82) is 0 Å². The minimum atomic E-state index is 0.0586. The van der Waals surface area contributed by atoms with Gasteiger partial charge in [0.1, 0.15) is 5.75 Å². The van der Waals surface area contributed by atoms with Gasteiger partial charge in [-0.15, -0.1) is 0 Å². The summed E-state index contributed by atoms with van der Waals surface area (Å²) in [5.74, 6) is 0.885. The van der Waals surface area contributed by atoms with E-state index >= 15 is 0 Å². The largest absolute Gasteiger partial charge is 0.494 e. The number of amides is 1. The summed E-state index contributed by atoms with van der Waals surface area (Å²) in [5.41, 5.74) is 4.25. The summed E-state index contributed by atoms with van der Waals surface area (Å²) in [6.45, 7) is 8.01. The summed E-state index contributed by atoms with van der Waals surface area (Å²) >= 11 is 1.53. The molecule has 1 aliphatic heterocycles. The lowest BCUT2D eigenvalue weighted by Gasteiger charge is -2.23. The maximum absolute atomic E-state index is 13.4. The van der Waals surface area contributed by atoms with Gasteiger partial charge in [-0.2, -0.15) is 0 Å². The number of ether oxygens (including phenoxy) is 2. The number of aromatic nitrogens is 1. The van der Waals surface area contributed by atoms with Crippen LogP contribution in [0, 0.1) is 13.8 Å². The number of rotatable bonds is 7. The molecule has 0 saturated carbocycles. The van der Waals surface area contributed by atoms with Crippen LogP contribution in [-0.4, -0.2) is 36.8 Å². The Morgan fingerprint density at radius 3 is 2.90 bits per heavy atom. The monoisotopic (exact) mass is 424 g/mol. The number of benzene rings is 2. The summed E-state index contributed by atoms with van der Waals surface area (Å²) in [4.78, 5) is 20.0. The zero-order chi connectivity index (χ0) is 21.1. The van der Waals surface area contributed by atoms with Gasteiger partial charge in [-0.3, -0.25) is 9.69 Å². The minimum absolute atomic E-state index is 0.0586. The Morgan fingerprint density at radius 2 is 2.13 bits per heavy atom. The topological polar surface area (TPSA) is 51.7 Å². The van der Waals surface area contributed by atoms with E-state index in [1.807, 2.05) is 30.0 Å². The van der Waals surface area contributed by atoms with Gasteiger partial charge in [0.05, 0.1) is 35.9 Å². The first-order valence-corrected chi connectivity index (χ1v) is 11.4. The number of thiazole rings is 1. The van der Waals surface area contributed by atoms with Crippen molar-refractivity contribution < 1.29 is 14.3 Å². The van der Waals surface area contributed by atoms with Crippen LogP contribution in [0.4, 0.5) is 5.13 Å². The molecule has 2 heterocycles. The van der Waals surface area contributed by atoms with E-state index in [2.05, 4.69) is 32.0 Å². The second kappa shape index (κ2) is 9.14. The number of hydrogen-bond acceptors (Lipinski definition) is 5. The highest BCUT2D eigenvalue weighted by Gasteiger charge is 2.26. The molecule has 0 radical (unpaired) electrons. The number of carbonyl (C=O) groups is 1. The molecule has 30 heavy (non-hydrogen) atoms. The van der Waals surface area contributed by atoms with Crippen molar-refractivity contribution in [3.8, 4) is 5.75 Å². The lowest BCUT2D eigenvalue weighted by molar-refractivity contribution is -0.118. The molecule has 6 heteroatoms. The second-order valence-electron chi connectivity index (χ2n) is 7.81. The zero-order valence-electron chi connectivity index (χ0n) is 17.8. The summed E-state index contributed by atoms with van der Waals surface area (Å²) in [6.07, 6.45) is 2.45. The summed E-state index contributed by atoms with van der Waals surface area (Å²) < 4.78 is 12.5. The Morgan fingerprint density at radius 1 is 1.27 bits per heavy atom. The lowest BCUT2D eigenvalue weighted by Crippen LogP contribution is -2.38. The van der Waals surface area contributed by atoms with Crippen LogP contribution in [0.3, 0.4) is 0 Å². The van der Waals surface area contributed by atoms with Crippen molar-refractivity contribution in [2.45, 2.75) is 46.1 Å². The molecule has 1 unspecified atom stereocenters. The molecule has 1 amide bonds. The standard InChI is InChI=1S/C24H28N2O3S/c1-4-28-19-9-10-21-22(14-19)30-24(25-21)26(15-20-6-5-11-29-20)23(27)13-18-12-16(2)7-8-17(18)3/h7-10,12,14,20H,4-6,11,13,15H2,1-3H3. The first-order chi connectivity index (χ1) is 14.5. The van der Waals surface area contributed by atoms with Crippen LogP contribution in [0.2, 0.25) is 0 Å². The van der Waals surface area contributed by atoms with E-state index in [1.54, 1.807) is 0 Å². The highest BCUT2D eigenvalue weighted by atomic mass is 32.1.